The summed E-state index contributed by atoms with van der Waals surface area (Å²) in [5.41, 5.74) is 6.28. The molecular weight excluding hydrogens is 304 g/mol. The average Bonchev–Trinajstić information content (AvgIpc) is 2.83. The Hall–Kier alpha value is -1.17. The first kappa shape index (κ1) is 14.2. The predicted octanol–water partition coefficient (Wildman–Crippen LogP) is 2.92. The minimum absolute atomic E-state index is 0.0302. The minimum atomic E-state index is -0.0302. The van der Waals surface area contributed by atoms with Crippen LogP contribution in [0.2, 0.25) is 0 Å². The minimum Gasteiger partial charge on any atom is -0.272 e. The van der Waals surface area contributed by atoms with E-state index < -0.39 is 0 Å². The van der Waals surface area contributed by atoms with Gasteiger partial charge in [0, 0.05) is 22.8 Å². The van der Waals surface area contributed by atoms with Gasteiger partial charge in [0.2, 0.25) is 0 Å². The first-order chi connectivity index (χ1) is 9.15. The molecule has 1 atom stereocenters. The molecule has 0 aliphatic heterocycles. The van der Waals surface area contributed by atoms with Crippen LogP contribution >= 0.6 is 15.9 Å². The van der Waals surface area contributed by atoms with Gasteiger partial charge in [0.15, 0.2) is 0 Å². The Labute approximate surface area is 122 Å². The second-order valence-electron chi connectivity index (χ2n) is 4.65. The molecule has 0 amide bonds. The highest BCUT2D eigenvalue weighted by atomic mass is 79.9. The molecule has 3 N–H and O–H groups in total. The van der Waals surface area contributed by atoms with Crippen molar-refractivity contribution in [3.05, 3.63) is 51.8 Å². The van der Waals surface area contributed by atoms with Crippen molar-refractivity contribution in [3.63, 3.8) is 0 Å². The second kappa shape index (κ2) is 6.32. The molecule has 2 aromatic rings. The quantitative estimate of drug-likeness (QED) is 0.657. The Bertz CT molecular complexity index is 550. The van der Waals surface area contributed by atoms with Gasteiger partial charge in [0.1, 0.15) is 0 Å². The molecule has 4 nitrogen and oxygen atoms in total. The summed E-state index contributed by atoms with van der Waals surface area (Å²) in [5, 5.41) is 4.35. The van der Waals surface area contributed by atoms with Crippen LogP contribution in [0.15, 0.2) is 35.1 Å². The van der Waals surface area contributed by atoms with Crippen molar-refractivity contribution in [2.45, 2.75) is 32.9 Å². The maximum Gasteiger partial charge on any atom is 0.0740 e. The number of nitrogens with one attached hydrogen (secondary N) is 1. The van der Waals surface area contributed by atoms with Crippen molar-refractivity contribution in [3.8, 4) is 0 Å². The number of aryl methyl sites for hydroxylation is 2. The Morgan fingerprint density at radius 3 is 2.84 bits per heavy atom. The van der Waals surface area contributed by atoms with Gasteiger partial charge in [-0.05, 0) is 30.5 Å². The third-order valence-electron chi connectivity index (χ3n) is 3.12. The molecule has 5 heteroatoms. The van der Waals surface area contributed by atoms with Crippen molar-refractivity contribution >= 4 is 15.9 Å². The fourth-order valence-electron chi connectivity index (χ4n) is 2.11. The second-order valence-corrected chi connectivity index (χ2v) is 5.50. The lowest BCUT2D eigenvalue weighted by Crippen LogP contribution is -2.28. The van der Waals surface area contributed by atoms with Gasteiger partial charge in [-0.3, -0.25) is 10.5 Å². The first-order valence-corrected chi connectivity index (χ1v) is 7.19. The summed E-state index contributed by atoms with van der Waals surface area (Å²) in [5.74, 6) is 5.71. The molecule has 1 aromatic carbocycles. The lowest BCUT2D eigenvalue weighted by molar-refractivity contribution is 0.598. The van der Waals surface area contributed by atoms with E-state index in [-0.39, 0.29) is 6.04 Å². The summed E-state index contributed by atoms with van der Waals surface area (Å²) in [6, 6.07) is 6.22. The Morgan fingerprint density at radius 2 is 2.21 bits per heavy atom. The van der Waals surface area contributed by atoms with E-state index in [9.17, 15) is 0 Å². The molecule has 102 valence electrons. The van der Waals surface area contributed by atoms with Gasteiger partial charge in [0.25, 0.3) is 0 Å². The molecule has 0 aliphatic rings. The molecule has 2 rings (SSSR count). The van der Waals surface area contributed by atoms with E-state index in [2.05, 4.69) is 52.4 Å². The normalized spacial score (nSPS) is 12.6. The van der Waals surface area contributed by atoms with Gasteiger partial charge < -0.3 is 0 Å². The molecule has 0 fully saturated rings. The van der Waals surface area contributed by atoms with Crippen LogP contribution in [0.1, 0.15) is 36.1 Å². The average molecular weight is 323 g/mol. The number of hydrogen-bond acceptors (Lipinski definition) is 3. The summed E-state index contributed by atoms with van der Waals surface area (Å²) >= 11 is 3.51. The number of halogens is 1. The van der Waals surface area contributed by atoms with Crippen LogP contribution in [-0.4, -0.2) is 9.78 Å². The van der Waals surface area contributed by atoms with Gasteiger partial charge >= 0.3 is 0 Å². The molecule has 1 unspecified atom stereocenters. The SMILES string of the molecule is CCCn1cc(C(NN)c2ccc(Br)c(C)c2)cn1. The molecule has 1 heterocycles. The van der Waals surface area contributed by atoms with E-state index in [1.807, 2.05) is 23.1 Å². The van der Waals surface area contributed by atoms with Crippen LogP contribution in [-0.2, 0) is 6.54 Å². The highest BCUT2D eigenvalue weighted by molar-refractivity contribution is 9.10. The fraction of sp³-hybridized carbons (Fsp3) is 0.357. The lowest BCUT2D eigenvalue weighted by atomic mass is 10.0. The third-order valence-corrected chi connectivity index (χ3v) is 4.01. The van der Waals surface area contributed by atoms with Crippen molar-refractivity contribution < 1.29 is 0 Å². The van der Waals surface area contributed by atoms with E-state index in [1.54, 1.807) is 0 Å². The Balaban J connectivity index is 2.29. The van der Waals surface area contributed by atoms with Gasteiger partial charge in [-0.25, -0.2) is 5.43 Å². The van der Waals surface area contributed by atoms with Gasteiger partial charge in [-0.2, -0.15) is 5.10 Å². The third kappa shape index (κ3) is 3.23. The molecular formula is C14H19BrN4. The largest absolute Gasteiger partial charge is 0.272 e. The summed E-state index contributed by atoms with van der Waals surface area (Å²) in [6.45, 7) is 5.14. The molecule has 19 heavy (non-hydrogen) atoms. The van der Waals surface area contributed by atoms with Crippen LogP contribution in [0.4, 0.5) is 0 Å². The monoisotopic (exact) mass is 322 g/mol. The van der Waals surface area contributed by atoms with E-state index in [4.69, 9.17) is 5.84 Å². The molecule has 0 aliphatic carbocycles. The molecule has 0 saturated heterocycles. The summed E-state index contributed by atoms with van der Waals surface area (Å²) in [7, 11) is 0. The summed E-state index contributed by atoms with van der Waals surface area (Å²) in [4.78, 5) is 0. The Kier molecular flexibility index (Phi) is 4.74. The zero-order valence-electron chi connectivity index (χ0n) is 11.2. The van der Waals surface area contributed by atoms with Crippen molar-refractivity contribution in [1.29, 1.82) is 0 Å². The number of hydrazine groups is 1. The van der Waals surface area contributed by atoms with Gasteiger partial charge in [0.05, 0.1) is 12.2 Å². The number of nitrogens with zero attached hydrogens (tertiary/aromatic N) is 2. The topological polar surface area (TPSA) is 55.9 Å². The number of hydrogen-bond donors (Lipinski definition) is 2. The van der Waals surface area contributed by atoms with E-state index in [0.29, 0.717) is 0 Å². The maximum atomic E-state index is 5.71. The Morgan fingerprint density at radius 1 is 1.42 bits per heavy atom. The fourth-order valence-corrected chi connectivity index (χ4v) is 2.36. The van der Waals surface area contributed by atoms with Crippen LogP contribution in [0.3, 0.4) is 0 Å². The maximum absolute atomic E-state index is 5.71. The van der Waals surface area contributed by atoms with E-state index in [1.165, 1.54) is 5.56 Å². The molecule has 0 spiro atoms. The first-order valence-electron chi connectivity index (χ1n) is 6.40. The van der Waals surface area contributed by atoms with Crippen LogP contribution < -0.4 is 11.3 Å². The molecule has 0 saturated carbocycles. The van der Waals surface area contributed by atoms with E-state index >= 15 is 0 Å². The number of rotatable bonds is 5. The van der Waals surface area contributed by atoms with Crippen LogP contribution in [0.25, 0.3) is 0 Å². The zero-order chi connectivity index (χ0) is 13.8. The number of aromatic nitrogens is 2. The summed E-state index contributed by atoms with van der Waals surface area (Å²) < 4.78 is 3.06. The van der Waals surface area contributed by atoms with Gasteiger partial charge in [-0.1, -0.05) is 35.0 Å². The highest BCUT2D eigenvalue weighted by Crippen LogP contribution is 2.25. The van der Waals surface area contributed by atoms with Crippen molar-refractivity contribution in [1.82, 2.24) is 15.2 Å². The summed E-state index contributed by atoms with van der Waals surface area (Å²) in [6.07, 6.45) is 4.99. The zero-order valence-corrected chi connectivity index (χ0v) is 12.8. The number of benzene rings is 1. The predicted molar refractivity (Wildman–Crippen MR) is 80.6 cm³/mol. The van der Waals surface area contributed by atoms with E-state index in [0.717, 1.165) is 28.6 Å². The smallest absolute Gasteiger partial charge is 0.0740 e. The van der Waals surface area contributed by atoms with Crippen molar-refractivity contribution in [2.24, 2.45) is 5.84 Å². The van der Waals surface area contributed by atoms with Crippen molar-refractivity contribution in [2.75, 3.05) is 0 Å². The molecule has 0 bridgehead atoms. The lowest BCUT2D eigenvalue weighted by Gasteiger charge is -2.15. The van der Waals surface area contributed by atoms with Crippen LogP contribution in [0.5, 0.6) is 0 Å². The molecule has 0 radical (unpaired) electrons. The molecule has 1 aromatic heterocycles. The van der Waals surface area contributed by atoms with Gasteiger partial charge in [-0.15, -0.1) is 0 Å². The van der Waals surface area contributed by atoms with Crippen LogP contribution in [0, 0.1) is 6.92 Å². The standard InChI is InChI=1S/C14H19BrN4/c1-3-6-19-9-12(8-17-19)14(18-16)11-4-5-13(15)10(2)7-11/h4-5,7-9,14,18H,3,6,16H2,1-2H3. The number of nitrogens with two attached hydrogens (primary N) is 1. The highest BCUT2D eigenvalue weighted by Gasteiger charge is 2.15.